The standard InChI is InChI=1S/2C11H13NO3S2.2C5H10.Fe.Ru/c2*13-9(14)6-12-10(15)8(17-11(12)16)5-7-3-1-2-4-7;2*1-2-4-5-3-1;;/h2*5,7H,1-4,6H2,(H,13,14);2*1-5H2;;/b2*8-5+;;;;. The number of hydrogen-bond acceptors (Lipinski definition) is 8. The minimum atomic E-state index is -1.04. The Bertz CT molecular complexity index is 1020. The summed E-state index contributed by atoms with van der Waals surface area (Å²) < 4.78 is 0.697. The molecule has 0 aromatic rings. The van der Waals surface area contributed by atoms with Gasteiger partial charge in [0.1, 0.15) is 21.7 Å². The van der Waals surface area contributed by atoms with Gasteiger partial charge in [0.25, 0.3) is 11.8 Å². The van der Waals surface area contributed by atoms with Crippen molar-refractivity contribution in [2.75, 3.05) is 13.1 Å². The zero-order valence-electron chi connectivity index (χ0n) is 26.2. The van der Waals surface area contributed by atoms with Crippen LogP contribution in [0.15, 0.2) is 22.0 Å². The maximum atomic E-state index is 11.9. The van der Waals surface area contributed by atoms with E-state index in [1.807, 2.05) is 12.2 Å². The summed E-state index contributed by atoms with van der Waals surface area (Å²) in [5.74, 6) is -1.68. The van der Waals surface area contributed by atoms with Crippen molar-refractivity contribution in [2.45, 2.75) is 116 Å². The van der Waals surface area contributed by atoms with Gasteiger partial charge in [-0.05, 0) is 37.5 Å². The third-order valence-corrected chi connectivity index (χ3v) is 11.2. The molecule has 0 radical (unpaired) electrons. The fourth-order valence-corrected chi connectivity index (χ4v) is 8.66. The Hall–Kier alpha value is -0.617. The summed E-state index contributed by atoms with van der Waals surface area (Å²) in [6, 6.07) is 0. The second-order valence-corrected chi connectivity index (χ2v) is 15.3. The normalized spacial score (nSPS) is 23.0. The molecule has 2 aliphatic heterocycles. The maximum Gasteiger partial charge on any atom is 0.323 e. The summed E-state index contributed by atoms with van der Waals surface area (Å²) >= 11 is 12.5. The predicted molar refractivity (Wildman–Crippen MR) is 185 cm³/mol. The van der Waals surface area contributed by atoms with E-state index in [0.29, 0.717) is 30.3 Å². The monoisotopic (exact) mass is 840 g/mol. The first kappa shape index (κ1) is 43.4. The van der Waals surface area contributed by atoms with Crippen molar-refractivity contribution < 1.29 is 65.9 Å². The first-order valence-electron chi connectivity index (χ1n) is 16.1. The van der Waals surface area contributed by atoms with Crippen LogP contribution < -0.4 is 0 Å². The predicted octanol–water partition coefficient (Wildman–Crippen LogP) is 7.91. The van der Waals surface area contributed by atoms with Gasteiger partial charge >= 0.3 is 11.9 Å². The second kappa shape index (κ2) is 23.7. The smallest absolute Gasteiger partial charge is 0.323 e. The van der Waals surface area contributed by atoms with E-state index < -0.39 is 11.9 Å². The molecule has 2 heterocycles. The molecule has 8 nitrogen and oxygen atoms in total. The van der Waals surface area contributed by atoms with Gasteiger partial charge in [-0.25, -0.2) is 0 Å². The molecular weight excluding hydrogens is 794 g/mol. The maximum absolute atomic E-state index is 11.9. The third kappa shape index (κ3) is 15.3. The first-order chi connectivity index (χ1) is 21.2. The van der Waals surface area contributed by atoms with Gasteiger partial charge in [-0.1, -0.05) is 150 Å². The van der Waals surface area contributed by atoms with Crippen molar-refractivity contribution in [1.29, 1.82) is 0 Å². The number of rotatable bonds is 6. The first-order valence-corrected chi connectivity index (χ1v) is 18.5. The molecule has 2 amide bonds. The summed E-state index contributed by atoms with van der Waals surface area (Å²) in [6.45, 7) is -0.681. The number of carbonyl (C=O) groups is 4. The van der Waals surface area contributed by atoms with Crippen LogP contribution in [0, 0.1) is 11.8 Å². The Morgan fingerprint density at radius 1 is 0.609 bits per heavy atom. The van der Waals surface area contributed by atoms with E-state index in [4.69, 9.17) is 34.6 Å². The molecular formula is C32H46FeN2O6RuS4. The molecule has 6 fully saturated rings. The summed E-state index contributed by atoms with van der Waals surface area (Å²) in [4.78, 5) is 48.6. The largest absolute Gasteiger partial charge is 0.480 e. The summed E-state index contributed by atoms with van der Waals surface area (Å²) in [6.07, 6.45) is 28.2. The van der Waals surface area contributed by atoms with Crippen molar-refractivity contribution in [2.24, 2.45) is 11.8 Å². The number of carbonyl (C=O) groups excluding carboxylic acids is 2. The number of carboxylic acids is 2. The molecule has 260 valence electrons. The zero-order chi connectivity index (χ0) is 31.9. The van der Waals surface area contributed by atoms with Gasteiger partial charge in [0.2, 0.25) is 0 Å². The molecule has 0 atom stereocenters. The fourth-order valence-electron chi connectivity index (χ4n) is 6.02. The van der Waals surface area contributed by atoms with Gasteiger partial charge in [-0.2, -0.15) is 0 Å². The molecule has 46 heavy (non-hydrogen) atoms. The minimum Gasteiger partial charge on any atom is -0.480 e. The number of hydrogen-bond donors (Lipinski definition) is 2. The fraction of sp³-hybridized carbons (Fsp3) is 0.688. The van der Waals surface area contributed by atoms with Crippen LogP contribution in [0.2, 0.25) is 0 Å². The average Bonchev–Trinajstić information content (AvgIpc) is 3.82. The van der Waals surface area contributed by atoms with Crippen LogP contribution in [0.3, 0.4) is 0 Å². The Kier molecular flexibility index (Phi) is 22.4. The van der Waals surface area contributed by atoms with Crippen molar-refractivity contribution in [3.05, 3.63) is 22.0 Å². The Morgan fingerprint density at radius 3 is 1.11 bits per heavy atom. The Morgan fingerprint density at radius 2 is 0.870 bits per heavy atom. The van der Waals surface area contributed by atoms with Crippen LogP contribution in [0.1, 0.15) is 116 Å². The number of amides is 2. The molecule has 0 spiro atoms. The van der Waals surface area contributed by atoms with Crippen molar-refractivity contribution in [3.8, 4) is 0 Å². The van der Waals surface area contributed by atoms with E-state index in [0.717, 1.165) is 35.5 Å². The summed E-state index contributed by atoms with van der Waals surface area (Å²) in [5, 5.41) is 17.4. The number of carboxylic acid groups (broad SMARTS) is 2. The molecule has 6 rings (SSSR count). The van der Waals surface area contributed by atoms with Crippen molar-refractivity contribution in [1.82, 2.24) is 9.80 Å². The van der Waals surface area contributed by atoms with E-state index in [1.54, 1.807) is 0 Å². The molecule has 14 heteroatoms. The van der Waals surface area contributed by atoms with E-state index in [1.165, 1.54) is 113 Å². The number of aliphatic carboxylic acids is 2. The van der Waals surface area contributed by atoms with Crippen LogP contribution >= 0.6 is 48.0 Å². The third-order valence-electron chi connectivity index (χ3n) is 8.41. The molecule has 4 aliphatic carbocycles. The van der Waals surface area contributed by atoms with Gasteiger partial charge < -0.3 is 10.2 Å². The van der Waals surface area contributed by atoms with E-state index in [9.17, 15) is 19.2 Å². The van der Waals surface area contributed by atoms with E-state index in [-0.39, 0.29) is 61.5 Å². The summed E-state index contributed by atoms with van der Waals surface area (Å²) in [5.41, 5.74) is 0. The number of thioether (sulfide) groups is 2. The molecule has 0 unspecified atom stereocenters. The van der Waals surface area contributed by atoms with Crippen LogP contribution in [0.4, 0.5) is 0 Å². The van der Waals surface area contributed by atoms with Crippen molar-refractivity contribution >= 4 is 80.4 Å². The van der Waals surface area contributed by atoms with Gasteiger partial charge in [0.05, 0.1) is 9.81 Å². The quantitative estimate of drug-likeness (QED) is 0.156. The zero-order valence-corrected chi connectivity index (χ0v) is 32.3. The SMILES string of the molecule is C1CCCC1.C1CCCC1.O=C(O)CN1C(=O)/C(=C\C2CCCC2)SC1=S.O=C(O)CN1C(=O)/C(=C\C2CCCC2)SC1=S.[Fe].[Ru]. The van der Waals surface area contributed by atoms with Crippen LogP contribution in [-0.2, 0) is 55.7 Å². The van der Waals surface area contributed by atoms with Crippen LogP contribution in [0.25, 0.3) is 0 Å². The average molecular weight is 840 g/mol. The molecule has 6 aliphatic rings. The Balaban J connectivity index is 0.000000342. The van der Waals surface area contributed by atoms with Crippen LogP contribution in [0.5, 0.6) is 0 Å². The molecule has 0 aromatic carbocycles. The molecule has 4 saturated carbocycles. The van der Waals surface area contributed by atoms with Crippen LogP contribution in [-0.4, -0.2) is 65.5 Å². The second-order valence-electron chi connectivity index (χ2n) is 12.0. The van der Waals surface area contributed by atoms with Gasteiger partial charge in [0, 0.05) is 36.5 Å². The minimum absolute atomic E-state index is 0. The van der Waals surface area contributed by atoms with E-state index in [2.05, 4.69) is 0 Å². The van der Waals surface area contributed by atoms with Crippen molar-refractivity contribution in [3.63, 3.8) is 0 Å². The number of nitrogens with zero attached hydrogens (tertiary/aromatic N) is 2. The van der Waals surface area contributed by atoms with E-state index >= 15 is 0 Å². The number of allylic oxidation sites excluding steroid dienone is 2. The Labute approximate surface area is 316 Å². The summed E-state index contributed by atoms with van der Waals surface area (Å²) in [7, 11) is 0. The molecule has 2 saturated heterocycles. The molecule has 2 N–H and O–H groups in total. The van der Waals surface area contributed by atoms with Gasteiger partial charge in [-0.3, -0.25) is 29.0 Å². The topological polar surface area (TPSA) is 115 Å². The molecule has 0 bridgehead atoms. The number of thiocarbonyl (C=S) groups is 2. The molecule has 0 aromatic heterocycles. The van der Waals surface area contributed by atoms with Gasteiger partial charge in [-0.15, -0.1) is 0 Å². The van der Waals surface area contributed by atoms with Gasteiger partial charge in [0.15, 0.2) is 0 Å².